The number of thioether (sulfide) groups is 1. The molecule has 2 aliphatic rings. The third-order valence-corrected chi connectivity index (χ3v) is 7.44. The zero-order valence-corrected chi connectivity index (χ0v) is 16.8. The summed E-state index contributed by atoms with van der Waals surface area (Å²) in [6.07, 6.45) is 10.6. The Balaban J connectivity index is 1.59. The quantitative estimate of drug-likeness (QED) is 0.505. The Hall–Kier alpha value is -1.34. The lowest BCUT2D eigenvalue weighted by molar-refractivity contribution is -0.133. The molecule has 2 saturated carbocycles. The highest BCUT2D eigenvalue weighted by Gasteiger charge is 2.27. The molecule has 7 heteroatoms. The molecule has 142 valence electrons. The molecule has 0 saturated heterocycles. The molecule has 0 unspecified atom stereocenters. The number of rotatable bonds is 7. The van der Waals surface area contributed by atoms with Crippen LogP contribution in [0.15, 0.2) is 21.6 Å². The molecule has 0 aromatic carbocycles. The highest BCUT2D eigenvalue weighted by atomic mass is 32.2. The molecule has 0 aliphatic heterocycles. The van der Waals surface area contributed by atoms with Crippen molar-refractivity contribution in [1.29, 1.82) is 0 Å². The monoisotopic (exact) mass is 394 g/mol. The van der Waals surface area contributed by atoms with Crippen molar-refractivity contribution in [2.45, 2.75) is 62.5 Å². The van der Waals surface area contributed by atoms with Gasteiger partial charge in [0.1, 0.15) is 0 Å². The molecule has 3 rings (SSSR count). The number of allylic oxidation sites excluding steroid dienone is 1. The van der Waals surface area contributed by atoms with Crippen molar-refractivity contribution >= 4 is 40.1 Å². The zero-order valence-electron chi connectivity index (χ0n) is 15.1. The zero-order chi connectivity index (χ0) is 18.5. The fourth-order valence-electron chi connectivity index (χ4n) is 3.60. The number of anilines is 1. The van der Waals surface area contributed by atoms with Crippen molar-refractivity contribution in [3.05, 3.63) is 17.3 Å². The number of nitrogens with zero attached hydrogens (tertiary/aromatic N) is 1. The van der Waals surface area contributed by atoms with Crippen molar-refractivity contribution in [3.8, 4) is 0 Å². The van der Waals surface area contributed by atoms with Crippen LogP contribution in [-0.4, -0.2) is 27.7 Å². The second-order valence-electron chi connectivity index (χ2n) is 7.33. The number of aromatic nitrogens is 1. The first-order valence-corrected chi connectivity index (χ1v) is 11.1. The minimum atomic E-state index is -0.854. The summed E-state index contributed by atoms with van der Waals surface area (Å²) in [6, 6.07) is 0. The Bertz CT molecular complexity index is 685. The standard InChI is InChI=1S/C19H26N2O3S2/c1-12-5-7-14(8-6-12)15(13-3-2-4-13)9-16(22)21-19-20-10-18(26-19)25-11-17(23)24/h10,12-13H,2-9,11H2,1H3,(H,23,24)(H,20,21,22). The van der Waals surface area contributed by atoms with Gasteiger partial charge in [0.2, 0.25) is 5.91 Å². The van der Waals surface area contributed by atoms with Crippen LogP contribution in [0.2, 0.25) is 0 Å². The lowest BCUT2D eigenvalue weighted by Gasteiger charge is -2.33. The Morgan fingerprint density at radius 2 is 2.04 bits per heavy atom. The minimum absolute atomic E-state index is 0.00200. The molecule has 1 aromatic rings. The molecule has 0 atom stereocenters. The summed E-state index contributed by atoms with van der Waals surface area (Å²) < 4.78 is 0.807. The van der Waals surface area contributed by atoms with E-state index in [1.54, 1.807) is 6.20 Å². The average Bonchev–Trinajstić information content (AvgIpc) is 2.99. The number of carboxylic acid groups (broad SMARTS) is 1. The average molecular weight is 395 g/mol. The largest absolute Gasteiger partial charge is 0.481 e. The van der Waals surface area contributed by atoms with Crippen LogP contribution in [0.3, 0.4) is 0 Å². The molecule has 1 amide bonds. The molecule has 0 radical (unpaired) electrons. The smallest absolute Gasteiger partial charge is 0.313 e. The number of hydrogen-bond acceptors (Lipinski definition) is 5. The SMILES string of the molecule is CC1CCC(=C(CC(=O)Nc2ncc(SCC(=O)O)s2)C2CCC2)CC1. The molecule has 2 N–H and O–H groups in total. The van der Waals surface area contributed by atoms with Crippen LogP contribution in [0.5, 0.6) is 0 Å². The van der Waals surface area contributed by atoms with Crippen molar-refractivity contribution in [3.63, 3.8) is 0 Å². The van der Waals surface area contributed by atoms with Crippen molar-refractivity contribution in [2.24, 2.45) is 11.8 Å². The van der Waals surface area contributed by atoms with Crippen LogP contribution in [0, 0.1) is 11.8 Å². The van der Waals surface area contributed by atoms with Crippen molar-refractivity contribution in [1.82, 2.24) is 4.98 Å². The molecule has 0 bridgehead atoms. The summed E-state index contributed by atoms with van der Waals surface area (Å²) in [5, 5.41) is 12.2. The van der Waals surface area contributed by atoms with E-state index in [0.717, 1.165) is 23.0 Å². The number of hydrogen-bond donors (Lipinski definition) is 2. The Morgan fingerprint density at radius 1 is 1.31 bits per heavy atom. The van der Waals surface area contributed by atoms with E-state index < -0.39 is 5.97 Å². The van der Waals surface area contributed by atoms with Gasteiger partial charge in [-0.3, -0.25) is 9.59 Å². The number of carboxylic acids is 1. The number of aliphatic carboxylic acids is 1. The first-order chi connectivity index (χ1) is 12.5. The number of amides is 1. The van der Waals surface area contributed by atoms with E-state index in [4.69, 9.17) is 5.11 Å². The minimum Gasteiger partial charge on any atom is -0.481 e. The second kappa shape index (κ2) is 9.04. The normalized spacial score (nSPS) is 20.5. The van der Waals surface area contributed by atoms with E-state index >= 15 is 0 Å². The number of thiazole rings is 1. The van der Waals surface area contributed by atoms with Gasteiger partial charge in [-0.05, 0) is 50.4 Å². The van der Waals surface area contributed by atoms with Gasteiger partial charge in [0, 0.05) is 6.42 Å². The Labute approximate surface area is 162 Å². The predicted molar refractivity (Wildman–Crippen MR) is 106 cm³/mol. The molecule has 26 heavy (non-hydrogen) atoms. The molecular weight excluding hydrogens is 368 g/mol. The highest BCUT2D eigenvalue weighted by Crippen LogP contribution is 2.41. The van der Waals surface area contributed by atoms with Crippen LogP contribution < -0.4 is 5.32 Å². The molecular formula is C19H26N2O3S2. The maximum absolute atomic E-state index is 12.6. The summed E-state index contributed by atoms with van der Waals surface area (Å²) in [7, 11) is 0. The van der Waals surface area contributed by atoms with E-state index in [1.165, 1.54) is 66.3 Å². The summed E-state index contributed by atoms with van der Waals surface area (Å²) in [5.74, 6) is 0.551. The molecule has 1 aromatic heterocycles. The first-order valence-electron chi connectivity index (χ1n) is 9.32. The molecule has 2 fully saturated rings. The fraction of sp³-hybridized carbons (Fsp3) is 0.632. The Morgan fingerprint density at radius 3 is 2.65 bits per heavy atom. The van der Waals surface area contributed by atoms with Gasteiger partial charge < -0.3 is 10.4 Å². The van der Waals surface area contributed by atoms with Gasteiger partial charge in [-0.15, -0.1) is 11.8 Å². The third-order valence-electron chi connectivity index (χ3n) is 5.35. The molecule has 2 aliphatic carbocycles. The summed E-state index contributed by atoms with van der Waals surface area (Å²) in [6.45, 7) is 2.31. The number of carbonyl (C=O) groups is 2. The van der Waals surface area contributed by atoms with Gasteiger partial charge in [0.25, 0.3) is 0 Å². The summed E-state index contributed by atoms with van der Waals surface area (Å²) in [5.41, 5.74) is 2.91. The maximum Gasteiger partial charge on any atom is 0.313 e. The summed E-state index contributed by atoms with van der Waals surface area (Å²) >= 11 is 2.56. The van der Waals surface area contributed by atoms with Crippen LogP contribution in [-0.2, 0) is 9.59 Å². The lowest BCUT2D eigenvalue weighted by atomic mass is 9.73. The first kappa shape index (κ1) is 19.4. The van der Waals surface area contributed by atoms with Crippen molar-refractivity contribution in [2.75, 3.05) is 11.1 Å². The number of carbonyl (C=O) groups excluding carboxylic acids is 1. The topological polar surface area (TPSA) is 79.3 Å². The van der Waals surface area contributed by atoms with Gasteiger partial charge in [0.15, 0.2) is 5.13 Å². The van der Waals surface area contributed by atoms with Crippen molar-refractivity contribution < 1.29 is 14.7 Å². The second-order valence-corrected chi connectivity index (χ2v) is 9.64. The van der Waals surface area contributed by atoms with Crippen LogP contribution in [0.4, 0.5) is 5.13 Å². The summed E-state index contributed by atoms with van der Waals surface area (Å²) in [4.78, 5) is 27.4. The van der Waals surface area contributed by atoms with E-state index in [2.05, 4.69) is 17.2 Å². The van der Waals surface area contributed by atoms with Crippen LogP contribution in [0.25, 0.3) is 0 Å². The molecule has 5 nitrogen and oxygen atoms in total. The third kappa shape index (κ3) is 5.33. The number of nitrogens with one attached hydrogen (secondary N) is 1. The van der Waals surface area contributed by atoms with E-state index in [9.17, 15) is 9.59 Å². The Kier molecular flexibility index (Phi) is 6.75. The van der Waals surface area contributed by atoms with E-state index in [0.29, 0.717) is 17.5 Å². The molecule has 1 heterocycles. The van der Waals surface area contributed by atoms with Crippen LogP contribution >= 0.6 is 23.1 Å². The van der Waals surface area contributed by atoms with Gasteiger partial charge in [-0.1, -0.05) is 35.8 Å². The van der Waals surface area contributed by atoms with Gasteiger partial charge in [-0.2, -0.15) is 0 Å². The van der Waals surface area contributed by atoms with E-state index in [1.807, 2.05) is 0 Å². The predicted octanol–water partition coefficient (Wildman–Crippen LogP) is 4.96. The van der Waals surface area contributed by atoms with Gasteiger partial charge in [0.05, 0.1) is 16.2 Å². The van der Waals surface area contributed by atoms with Gasteiger partial charge >= 0.3 is 5.97 Å². The van der Waals surface area contributed by atoms with E-state index in [-0.39, 0.29) is 11.7 Å². The highest BCUT2D eigenvalue weighted by molar-refractivity contribution is 8.01. The lowest BCUT2D eigenvalue weighted by Crippen LogP contribution is -2.22. The molecule has 0 spiro atoms. The fourth-order valence-corrected chi connectivity index (χ4v) is 5.21. The van der Waals surface area contributed by atoms with Crippen LogP contribution in [0.1, 0.15) is 58.3 Å². The van der Waals surface area contributed by atoms with Gasteiger partial charge in [-0.25, -0.2) is 4.98 Å². The maximum atomic E-state index is 12.6.